The topological polar surface area (TPSA) is 67.2 Å². The molecule has 1 aliphatic carbocycles. The first-order chi connectivity index (χ1) is 12.2. The van der Waals surface area contributed by atoms with Gasteiger partial charge in [-0.25, -0.2) is 4.68 Å². The van der Waals surface area contributed by atoms with Crippen LogP contribution in [0, 0.1) is 5.92 Å². The predicted molar refractivity (Wildman–Crippen MR) is 92.9 cm³/mol. The summed E-state index contributed by atoms with van der Waals surface area (Å²) in [7, 11) is 0. The van der Waals surface area contributed by atoms with Gasteiger partial charge in [0.2, 0.25) is 11.8 Å². The van der Waals surface area contributed by atoms with Crippen LogP contribution in [0.1, 0.15) is 31.2 Å². The number of carbonyl (C=O) groups excluding carboxylic acids is 2. The summed E-state index contributed by atoms with van der Waals surface area (Å²) in [6.07, 6.45) is 6.94. The molecule has 0 radical (unpaired) electrons. The van der Waals surface area contributed by atoms with Gasteiger partial charge in [0.05, 0.1) is 11.6 Å². The number of aromatic nitrogens is 2. The van der Waals surface area contributed by atoms with Crippen LogP contribution in [-0.4, -0.2) is 39.1 Å². The van der Waals surface area contributed by atoms with Crippen molar-refractivity contribution in [3.05, 3.63) is 48.3 Å². The number of amides is 2. The van der Waals surface area contributed by atoms with Crippen LogP contribution in [0.2, 0.25) is 0 Å². The lowest BCUT2D eigenvalue weighted by Crippen LogP contribution is -2.46. The summed E-state index contributed by atoms with van der Waals surface area (Å²) >= 11 is 0. The van der Waals surface area contributed by atoms with Crippen molar-refractivity contribution in [3.8, 4) is 5.69 Å². The molecule has 2 heterocycles. The number of nitrogens with one attached hydrogen (secondary N) is 1. The van der Waals surface area contributed by atoms with Gasteiger partial charge in [0.1, 0.15) is 0 Å². The van der Waals surface area contributed by atoms with Gasteiger partial charge in [0.15, 0.2) is 0 Å². The molecule has 6 heteroatoms. The second-order valence-corrected chi connectivity index (χ2v) is 6.85. The van der Waals surface area contributed by atoms with Crippen molar-refractivity contribution in [2.45, 2.75) is 38.3 Å². The van der Waals surface area contributed by atoms with Crippen LogP contribution in [0.4, 0.5) is 0 Å². The smallest absolute Gasteiger partial charge is 0.225 e. The van der Waals surface area contributed by atoms with Crippen molar-refractivity contribution in [1.29, 1.82) is 0 Å². The normalized spacial score (nSPS) is 20.6. The van der Waals surface area contributed by atoms with Gasteiger partial charge in [0.25, 0.3) is 0 Å². The van der Waals surface area contributed by atoms with Gasteiger partial charge in [-0.3, -0.25) is 9.59 Å². The fourth-order valence-corrected chi connectivity index (χ4v) is 3.39. The minimum Gasteiger partial charge on any atom is -0.352 e. The number of benzene rings is 1. The largest absolute Gasteiger partial charge is 0.352 e. The monoisotopic (exact) mass is 338 g/mol. The molecule has 0 spiro atoms. The number of piperidine rings is 1. The molecular weight excluding hydrogens is 316 g/mol. The first kappa shape index (κ1) is 15.9. The average Bonchev–Trinajstić information content (AvgIpc) is 3.33. The van der Waals surface area contributed by atoms with Crippen molar-refractivity contribution in [2.24, 2.45) is 5.92 Å². The third kappa shape index (κ3) is 3.57. The van der Waals surface area contributed by atoms with Gasteiger partial charge >= 0.3 is 0 Å². The Morgan fingerprint density at radius 3 is 2.88 bits per heavy atom. The fraction of sp³-hybridized carbons (Fsp3) is 0.421. The van der Waals surface area contributed by atoms with Crippen molar-refractivity contribution >= 4 is 11.8 Å². The van der Waals surface area contributed by atoms with Crippen LogP contribution in [0.25, 0.3) is 5.69 Å². The van der Waals surface area contributed by atoms with Gasteiger partial charge in [-0.15, -0.1) is 0 Å². The molecule has 2 aromatic rings. The molecule has 2 fully saturated rings. The molecule has 1 saturated heterocycles. The summed E-state index contributed by atoms with van der Waals surface area (Å²) in [6.45, 7) is 1.06. The molecule has 1 aromatic heterocycles. The van der Waals surface area contributed by atoms with E-state index in [1.165, 1.54) is 0 Å². The molecule has 25 heavy (non-hydrogen) atoms. The van der Waals surface area contributed by atoms with Crippen LogP contribution in [0.3, 0.4) is 0 Å². The lowest BCUT2D eigenvalue weighted by molar-refractivity contribution is -0.138. The van der Waals surface area contributed by atoms with Gasteiger partial charge in [-0.05, 0) is 43.0 Å². The predicted octanol–water partition coefficient (Wildman–Crippen LogP) is 1.89. The average molecular weight is 338 g/mol. The zero-order valence-corrected chi connectivity index (χ0v) is 14.1. The highest BCUT2D eigenvalue weighted by molar-refractivity contribution is 5.84. The summed E-state index contributed by atoms with van der Waals surface area (Å²) < 4.78 is 1.80. The maximum Gasteiger partial charge on any atom is 0.225 e. The maximum atomic E-state index is 12.5. The summed E-state index contributed by atoms with van der Waals surface area (Å²) in [5, 5.41) is 7.26. The van der Waals surface area contributed by atoms with Crippen LogP contribution in [0.15, 0.2) is 42.7 Å². The highest BCUT2D eigenvalue weighted by atomic mass is 16.2. The van der Waals surface area contributed by atoms with Gasteiger partial charge in [-0.2, -0.15) is 5.10 Å². The lowest BCUT2D eigenvalue weighted by Gasteiger charge is -2.32. The Balaban J connectivity index is 1.36. The lowest BCUT2D eigenvalue weighted by atomic mass is 9.96. The van der Waals surface area contributed by atoms with Gasteiger partial charge < -0.3 is 10.2 Å². The Kier molecular flexibility index (Phi) is 4.26. The third-order valence-electron chi connectivity index (χ3n) is 4.95. The van der Waals surface area contributed by atoms with Crippen molar-refractivity contribution in [1.82, 2.24) is 20.0 Å². The highest BCUT2D eigenvalue weighted by Gasteiger charge is 2.38. The molecule has 2 amide bonds. The number of hydrogen-bond donors (Lipinski definition) is 1. The van der Waals surface area contributed by atoms with Crippen LogP contribution < -0.4 is 5.32 Å². The number of carbonyl (C=O) groups is 2. The SMILES string of the molecule is O=C(NCc1cccc(-n2cccn2)c1)[C@@H]1CCC(=O)N(C2CC2)C1. The van der Waals surface area contributed by atoms with E-state index in [2.05, 4.69) is 10.4 Å². The Labute approximate surface area is 146 Å². The van der Waals surface area contributed by atoms with E-state index in [4.69, 9.17) is 0 Å². The van der Waals surface area contributed by atoms with E-state index in [-0.39, 0.29) is 17.7 Å². The second kappa shape index (κ2) is 6.70. The van der Waals surface area contributed by atoms with Crippen LogP contribution in [-0.2, 0) is 16.1 Å². The Morgan fingerprint density at radius 1 is 1.24 bits per heavy atom. The van der Waals surface area contributed by atoms with Gasteiger partial charge in [-0.1, -0.05) is 12.1 Å². The van der Waals surface area contributed by atoms with Crippen molar-refractivity contribution in [3.63, 3.8) is 0 Å². The second-order valence-electron chi connectivity index (χ2n) is 6.85. The van der Waals surface area contributed by atoms with Gasteiger partial charge in [0, 0.05) is 37.9 Å². The van der Waals surface area contributed by atoms with E-state index in [9.17, 15) is 9.59 Å². The summed E-state index contributed by atoms with van der Waals surface area (Å²) in [5.74, 6) is 0.161. The molecule has 130 valence electrons. The minimum atomic E-state index is -0.0902. The number of rotatable bonds is 5. The van der Waals surface area contributed by atoms with E-state index in [1.807, 2.05) is 41.4 Å². The Bertz CT molecular complexity index is 767. The molecule has 1 aliphatic heterocycles. The van der Waals surface area contributed by atoms with Crippen LogP contribution >= 0.6 is 0 Å². The molecule has 2 aliphatic rings. The van der Waals surface area contributed by atoms with E-state index in [0.717, 1.165) is 24.1 Å². The molecule has 1 aromatic carbocycles. The molecular formula is C19H22N4O2. The minimum absolute atomic E-state index is 0.0441. The molecule has 6 nitrogen and oxygen atoms in total. The van der Waals surface area contributed by atoms with E-state index >= 15 is 0 Å². The van der Waals surface area contributed by atoms with E-state index < -0.39 is 0 Å². The van der Waals surface area contributed by atoms with Crippen molar-refractivity contribution < 1.29 is 9.59 Å². The Morgan fingerprint density at radius 2 is 2.12 bits per heavy atom. The molecule has 0 unspecified atom stereocenters. The molecule has 1 N–H and O–H groups in total. The molecule has 0 bridgehead atoms. The third-order valence-corrected chi connectivity index (χ3v) is 4.95. The fourth-order valence-electron chi connectivity index (χ4n) is 3.39. The summed E-state index contributed by atoms with van der Waals surface area (Å²) in [5.41, 5.74) is 2.01. The zero-order chi connectivity index (χ0) is 17.2. The number of hydrogen-bond acceptors (Lipinski definition) is 3. The highest BCUT2D eigenvalue weighted by Crippen LogP contribution is 2.31. The Hall–Kier alpha value is -2.63. The quantitative estimate of drug-likeness (QED) is 0.905. The molecule has 4 rings (SSSR count). The first-order valence-electron chi connectivity index (χ1n) is 8.87. The van der Waals surface area contributed by atoms with Crippen molar-refractivity contribution in [2.75, 3.05) is 6.54 Å². The standard InChI is InChI=1S/C19H22N4O2/c24-18-8-5-15(13-22(18)16-6-7-16)19(25)20-12-14-3-1-4-17(11-14)23-10-2-9-21-23/h1-4,9-11,15-16H,5-8,12-13H2,(H,20,25)/t15-/m1/s1. The molecule has 1 atom stereocenters. The first-order valence-corrected chi connectivity index (χ1v) is 8.87. The maximum absolute atomic E-state index is 12.5. The van der Waals surface area contributed by atoms with Crippen LogP contribution in [0.5, 0.6) is 0 Å². The van der Waals surface area contributed by atoms with E-state index in [1.54, 1.807) is 10.9 Å². The number of likely N-dealkylation sites (tertiary alicyclic amines) is 1. The molecule has 1 saturated carbocycles. The summed E-state index contributed by atoms with van der Waals surface area (Å²) in [6, 6.07) is 10.2. The summed E-state index contributed by atoms with van der Waals surface area (Å²) in [4.78, 5) is 26.4. The zero-order valence-electron chi connectivity index (χ0n) is 14.1. The number of nitrogens with zero attached hydrogens (tertiary/aromatic N) is 3. The van der Waals surface area contributed by atoms with E-state index in [0.29, 0.717) is 32.0 Å².